The van der Waals surface area contributed by atoms with Crippen LogP contribution in [0.1, 0.15) is 37.3 Å². The van der Waals surface area contributed by atoms with E-state index in [1.807, 2.05) is 0 Å². The third-order valence-corrected chi connectivity index (χ3v) is 6.41. The summed E-state index contributed by atoms with van der Waals surface area (Å²) < 4.78 is 38.5. The lowest BCUT2D eigenvalue weighted by atomic mass is 9.90. The van der Waals surface area contributed by atoms with Crippen LogP contribution in [-0.2, 0) is 4.79 Å². The highest BCUT2D eigenvalue weighted by atomic mass is 19.4. The van der Waals surface area contributed by atoms with E-state index in [0.717, 1.165) is 25.7 Å². The van der Waals surface area contributed by atoms with Gasteiger partial charge in [-0.2, -0.15) is 18.4 Å². The molecule has 0 aromatic heterocycles. The topological polar surface area (TPSA) is 106 Å². The zero-order valence-electron chi connectivity index (χ0n) is 16.3. The number of halogens is 3. The van der Waals surface area contributed by atoms with Gasteiger partial charge >= 0.3 is 6.18 Å². The number of hydrogen-bond donors (Lipinski definition) is 4. The first-order valence-electron chi connectivity index (χ1n) is 10.2. The number of rotatable bonds is 4. The number of nitriles is 1. The molecule has 3 fully saturated rings. The molecule has 1 aromatic carbocycles. The molecule has 1 saturated carbocycles. The molecular formula is C20H25F3N6O. The maximum absolute atomic E-state index is 12.8. The lowest BCUT2D eigenvalue weighted by Crippen LogP contribution is -2.52. The van der Waals surface area contributed by atoms with E-state index in [1.165, 1.54) is 24.3 Å². The zero-order chi connectivity index (χ0) is 21.5. The van der Waals surface area contributed by atoms with E-state index < -0.39 is 18.4 Å². The summed E-state index contributed by atoms with van der Waals surface area (Å²) in [6.07, 6.45) is -1.43. The molecule has 2 saturated heterocycles. The van der Waals surface area contributed by atoms with Gasteiger partial charge in [0.1, 0.15) is 12.2 Å². The Balaban J connectivity index is 1.52. The Morgan fingerprint density at radius 3 is 2.60 bits per heavy atom. The van der Waals surface area contributed by atoms with Crippen LogP contribution in [0.15, 0.2) is 24.3 Å². The SMILES string of the molecule is N#C[C@H]1CCC[C@@H]1N1NC(Nc2ccc(C(N)C(F)(F)F)cc2)C2C(=O)NCCC21. The number of nitrogens with zero attached hydrogens (tertiary/aromatic N) is 2. The summed E-state index contributed by atoms with van der Waals surface area (Å²) in [5.74, 6) is -0.512. The second-order valence-electron chi connectivity index (χ2n) is 8.21. The highest BCUT2D eigenvalue weighted by molar-refractivity contribution is 5.82. The Morgan fingerprint density at radius 2 is 1.93 bits per heavy atom. The molecule has 6 atom stereocenters. The van der Waals surface area contributed by atoms with E-state index in [-0.39, 0.29) is 35.4 Å². The monoisotopic (exact) mass is 422 g/mol. The van der Waals surface area contributed by atoms with Crippen molar-refractivity contribution >= 4 is 11.6 Å². The van der Waals surface area contributed by atoms with Crippen molar-refractivity contribution in [2.75, 3.05) is 11.9 Å². The van der Waals surface area contributed by atoms with Gasteiger partial charge in [-0.25, -0.2) is 10.4 Å². The standard InChI is InChI=1S/C20H25F3N6O/c21-20(22,23)17(25)11-4-6-13(7-5-11)27-18-16-15(8-9-26-19(16)30)29(28-18)14-3-1-2-12(14)10-24/h4-7,12,14-18,27-28H,1-3,8-9,25H2,(H,26,30)/t12-,14+,15?,16?,17?,18?/m1/s1. The Morgan fingerprint density at radius 1 is 1.20 bits per heavy atom. The maximum Gasteiger partial charge on any atom is 0.407 e. The average Bonchev–Trinajstić information content (AvgIpc) is 3.32. The van der Waals surface area contributed by atoms with Crippen LogP contribution in [0.3, 0.4) is 0 Å². The van der Waals surface area contributed by atoms with Crippen LogP contribution in [0.2, 0.25) is 0 Å². The molecule has 2 aliphatic heterocycles. The number of hydrogen-bond acceptors (Lipinski definition) is 6. The van der Waals surface area contributed by atoms with Crippen LogP contribution in [-0.4, -0.2) is 41.9 Å². The first-order chi connectivity index (χ1) is 14.3. The van der Waals surface area contributed by atoms with Crippen molar-refractivity contribution in [3.63, 3.8) is 0 Å². The van der Waals surface area contributed by atoms with Gasteiger partial charge in [0.25, 0.3) is 0 Å². The van der Waals surface area contributed by atoms with Crippen LogP contribution < -0.4 is 21.8 Å². The molecule has 5 N–H and O–H groups in total. The van der Waals surface area contributed by atoms with Gasteiger partial charge in [0, 0.05) is 24.3 Å². The summed E-state index contributed by atoms with van der Waals surface area (Å²) >= 11 is 0. The number of alkyl halides is 3. The van der Waals surface area contributed by atoms with Crippen LogP contribution >= 0.6 is 0 Å². The summed E-state index contributed by atoms with van der Waals surface area (Å²) in [6.45, 7) is 0.582. The van der Waals surface area contributed by atoms with Crippen LogP contribution in [0.5, 0.6) is 0 Å². The number of nitrogens with one attached hydrogen (secondary N) is 3. The summed E-state index contributed by atoms with van der Waals surface area (Å²) in [4.78, 5) is 12.6. The molecule has 4 unspecified atom stereocenters. The lowest BCUT2D eigenvalue weighted by molar-refractivity contribution is -0.149. The first-order valence-corrected chi connectivity index (χ1v) is 10.2. The predicted molar refractivity (Wildman–Crippen MR) is 103 cm³/mol. The summed E-state index contributed by atoms with van der Waals surface area (Å²) in [5, 5.41) is 17.7. The third-order valence-electron chi connectivity index (χ3n) is 6.41. The van der Waals surface area contributed by atoms with E-state index in [9.17, 15) is 23.2 Å². The fourth-order valence-electron chi connectivity index (χ4n) is 4.88. The molecule has 1 amide bonds. The molecule has 1 aromatic rings. The van der Waals surface area contributed by atoms with Gasteiger partial charge in [0.05, 0.1) is 17.9 Å². The molecule has 3 aliphatic rings. The van der Waals surface area contributed by atoms with Crippen molar-refractivity contribution in [1.29, 1.82) is 5.26 Å². The minimum Gasteiger partial charge on any atom is -0.368 e. The molecule has 0 bridgehead atoms. The molecule has 7 nitrogen and oxygen atoms in total. The van der Waals surface area contributed by atoms with Crippen molar-refractivity contribution < 1.29 is 18.0 Å². The minimum atomic E-state index is -4.51. The Labute approximate surface area is 172 Å². The van der Waals surface area contributed by atoms with Crippen molar-refractivity contribution in [2.45, 2.75) is 56.2 Å². The number of hydrazine groups is 1. The average molecular weight is 422 g/mol. The number of carbonyl (C=O) groups is 1. The van der Waals surface area contributed by atoms with Crippen molar-refractivity contribution in [3.8, 4) is 6.07 Å². The van der Waals surface area contributed by atoms with E-state index in [0.29, 0.717) is 12.2 Å². The minimum absolute atomic E-state index is 0.0230. The largest absolute Gasteiger partial charge is 0.407 e. The summed E-state index contributed by atoms with van der Waals surface area (Å²) in [5.41, 5.74) is 9.21. The number of anilines is 1. The molecule has 162 valence electrons. The van der Waals surface area contributed by atoms with E-state index >= 15 is 0 Å². The number of fused-ring (bicyclic) bond motifs is 1. The summed E-state index contributed by atoms with van der Waals surface area (Å²) in [7, 11) is 0. The number of carbonyl (C=O) groups excluding carboxylic acids is 1. The third kappa shape index (κ3) is 3.85. The molecule has 1 aliphatic carbocycles. The van der Waals surface area contributed by atoms with Gasteiger partial charge in [0.2, 0.25) is 5.91 Å². The van der Waals surface area contributed by atoms with Gasteiger partial charge in [-0.05, 0) is 37.0 Å². The molecule has 10 heteroatoms. The molecule has 2 heterocycles. The Kier molecular flexibility index (Phi) is 5.61. The Hall–Kier alpha value is -2.35. The number of nitrogens with two attached hydrogens (primary N) is 1. The number of piperidine rings is 1. The fraction of sp³-hybridized carbons (Fsp3) is 0.600. The Bertz CT molecular complexity index is 823. The normalized spacial score (nSPS) is 32.9. The van der Waals surface area contributed by atoms with E-state index in [4.69, 9.17) is 5.73 Å². The van der Waals surface area contributed by atoms with Gasteiger partial charge in [0.15, 0.2) is 0 Å². The molecular weight excluding hydrogens is 397 g/mol. The smallest absolute Gasteiger partial charge is 0.368 e. The van der Waals surface area contributed by atoms with Gasteiger partial charge in [-0.1, -0.05) is 18.6 Å². The second-order valence-corrected chi connectivity index (χ2v) is 8.21. The van der Waals surface area contributed by atoms with Gasteiger partial charge in [-0.15, -0.1) is 0 Å². The van der Waals surface area contributed by atoms with Crippen LogP contribution in [0.25, 0.3) is 0 Å². The van der Waals surface area contributed by atoms with Crippen molar-refractivity contribution in [3.05, 3.63) is 29.8 Å². The van der Waals surface area contributed by atoms with E-state index in [1.54, 1.807) is 0 Å². The van der Waals surface area contributed by atoms with Crippen LogP contribution in [0.4, 0.5) is 18.9 Å². The lowest BCUT2D eigenvalue weighted by Gasteiger charge is -2.35. The quantitative estimate of drug-likeness (QED) is 0.592. The highest BCUT2D eigenvalue weighted by Crippen LogP contribution is 2.37. The van der Waals surface area contributed by atoms with E-state index in [2.05, 4.69) is 27.1 Å². The van der Waals surface area contributed by atoms with Crippen LogP contribution in [0, 0.1) is 23.2 Å². The molecule has 4 rings (SSSR count). The van der Waals surface area contributed by atoms with Gasteiger partial charge < -0.3 is 16.4 Å². The predicted octanol–water partition coefficient (Wildman–Crippen LogP) is 2.00. The zero-order valence-corrected chi connectivity index (χ0v) is 16.3. The van der Waals surface area contributed by atoms with Crippen molar-refractivity contribution in [1.82, 2.24) is 15.8 Å². The molecule has 30 heavy (non-hydrogen) atoms. The highest BCUT2D eigenvalue weighted by Gasteiger charge is 2.51. The first kappa shape index (κ1) is 20.9. The summed E-state index contributed by atoms with van der Waals surface area (Å²) in [6, 6.07) is 6.12. The molecule has 0 spiro atoms. The maximum atomic E-state index is 12.8. The number of benzene rings is 1. The molecule has 0 radical (unpaired) electrons. The van der Waals surface area contributed by atoms with Crippen molar-refractivity contribution in [2.24, 2.45) is 17.6 Å². The fourth-order valence-corrected chi connectivity index (χ4v) is 4.88. The van der Waals surface area contributed by atoms with Gasteiger partial charge in [-0.3, -0.25) is 4.79 Å². The second kappa shape index (κ2) is 8.06. The number of amides is 1.